The Kier molecular flexibility index (Phi) is 4.69. The molecule has 0 aromatic carbocycles. The summed E-state index contributed by atoms with van der Waals surface area (Å²) in [5, 5.41) is -0.252. The van der Waals surface area contributed by atoms with E-state index in [2.05, 4.69) is 0 Å². The smallest absolute Gasteiger partial charge is 0.341 e. The molecule has 1 amide bonds. The summed E-state index contributed by atoms with van der Waals surface area (Å²) in [7, 11) is -2.11. The topological polar surface area (TPSA) is 98.9 Å². The molecule has 2 heterocycles. The number of nitrogens with zero attached hydrogens (tertiary/aromatic N) is 1. The molecule has 22 heavy (non-hydrogen) atoms. The Labute approximate surface area is 134 Å². The molecule has 2 unspecified atom stereocenters. The summed E-state index contributed by atoms with van der Waals surface area (Å²) in [6.45, 7) is 6.93. The van der Waals surface area contributed by atoms with Crippen LogP contribution in [0.3, 0.4) is 0 Å². The number of amides is 1. The molecule has 9 heteroatoms. The number of esters is 1. The van der Waals surface area contributed by atoms with Gasteiger partial charge in [0.2, 0.25) is 14.2 Å². The Hall–Kier alpha value is -1.32. The van der Waals surface area contributed by atoms with Crippen molar-refractivity contribution in [2.24, 2.45) is 5.73 Å². The van der Waals surface area contributed by atoms with E-state index in [9.17, 15) is 14.4 Å². The van der Waals surface area contributed by atoms with Crippen molar-refractivity contribution in [3.63, 3.8) is 0 Å². The van der Waals surface area contributed by atoms with Crippen LogP contribution in [0.25, 0.3) is 0 Å². The van der Waals surface area contributed by atoms with Crippen molar-refractivity contribution in [3.8, 4) is 0 Å². The third-order valence-electron chi connectivity index (χ3n) is 3.13. The number of fused-ring (bicyclic) bond motifs is 1. The summed E-state index contributed by atoms with van der Waals surface area (Å²) in [5.41, 5.74) is 6.55. The van der Waals surface area contributed by atoms with E-state index in [4.69, 9.17) is 14.9 Å². The normalized spacial score (nSPS) is 24.6. The van der Waals surface area contributed by atoms with Crippen molar-refractivity contribution in [3.05, 3.63) is 11.3 Å². The van der Waals surface area contributed by atoms with Crippen molar-refractivity contribution >= 4 is 37.9 Å². The molecule has 0 saturated carbocycles. The van der Waals surface area contributed by atoms with Gasteiger partial charge in [-0.3, -0.25) is 14.5 Å². The van der Waals surface area contributed by atoms with Gasteiger partial charge in [0.05, 0.1) is 0 Å². The largest absolute Gasteiger partial charge is 0.515 e. The standard InChI is InChI=1S/C13H20N2O5SSi/c1-7(16)19-5-8-6-21-12-9(14)11(17)15(12)10(8)13(18)20-22(2,3)4/h9,12H,5-6,14H2,1-4H3. The van der Waals surface area contributed by atoms with Gasteiger partial charge in [-0.1, -0.05) is 0 Å². The number of rotatable bonds is 4. The number of carbonyl (C=O) groups excluding carboxylic acids is 3. The van der Waals surface area contributed by atoms with Crippen molar-refractivity contribution < 1.29 is 23.5 Å². The number of ether oxygens (including phenoxy) is 1. The minimum absolute atomic E-state index is 0.0236. The van der Waals surface area contributed by atoms with E-state index in [1.165, 1.54) is 23.6 Å². The molecule has 2 rings (SSSR count). The SMILES string of the molecule is CC(=O)OCC1=C(C(=O)O[Si](C)(C)C)N2C(=O)C(N)C2SC1. The van der Waals surface area contributed by atoms with Crippen molar-refractivity contribution in [2.75, 3.05) is 12.4 Å². The van der Waals surface area contributed by atoms with Crippen LogP contribution in [0.15, 0.2) is 11.3 Å². The Bertz CT molecular complexity index is 557. The first-order valence-corrected chi connectivity index (χ1v) is 11.4. The van der Waals surface area contributed by atoms with E-state index < -0.39 is 26.3 Å². The Morgan fingerprint density at radius 3 is 2.59 bits per heavy atom. The maximum Gasteiger partial charge on any atom is 0.341 e. The van der Waals surface area contributed by atoms with Gasteiger partial charge in [-0.15, -0.1) is 11.8 Å². The number of thioether (sulfide) groups is 1. The van der Waals surface area contributed by atoms with Crippen molar-refractivity contribution in [1.29, 1.82) is 0 Å². The Morgan fingerprint density at radius 2 is 2.05 bits per heavy atom. The summed E-state index contributed by atoms with van der Waals surface area (Å²) < 4.78 is 10.5. The fourth-order valence-electron chi connectivity index (χ4n) is 2.19. The molecule has 2 aliphatic heterocycles. The molecule has 1 saturated heterocycles. The van der Waals surface area contributed by atoms with Crippen LogP contribution in [0.5, 0.6) is 0 Å². The molecule has 7 nitrogen and oxygen atoms in total. The average molecular weight is 344 g/mol. The van der Waals surface area contributed by atoms with E-state index >= 15 is 0 Å². The number of hydrogen-bond donors (Lipinski definition) is 1. The lowest BCUT2D eigenvalue weighted by atomic mass is 10.0. The van der Waals surface area contributed by atoms with Crippen LogP contribution in [-0.4, -0.2) is 54.8 Å². The van der Waals surface area contributed by atoms with E-state index in [1.807, 2.05) is 19.6 Å². The molecular formula is C13H20N2O5SSi. The maximum atomic E-state index is 12.5. The average Bonchev–Trinajstić information content (AvgIpc) is 2.41. The summed E-state index contributed by atoms with van der Waals surface area (Å²) in [6.07, 6.45) is 0. The van der Waals surface area contributed by atoms with Gasteiger partial charge < -0.3 is 14.9 Å². The monoisotopic (exact) mass is 344 g/mol. The van der Waals surface area contributed by atoms with Gasteiger partial charge in [-0.05, 0) is 19.6 Å². The highest BCUT2D eigenvalue weighted by atomic mass is 32.2. The van der Waals surface area contributed by atoms with Crippen LogP contribution in [0.2, 0.25) is 19.6 Å². The molecule has 122 valence electrons. The summed E-state index contributed by atoms with van der Waals surface area (Å²) in [4.78, 5) is 36.9. The van der Waals surface area contributed by atoms with E-state index in [1.54, 1.807) is 0 Å². The van der Waals surface area contributed by atoms with Crippen LogP contribution in [0.4, 0.5) is 0 Å². The zero-order valence-corrected chi connectivity index (χ0v) is 14.9. The lowest BCUT2D eigenvalue weighted by Gasteiger charge is -2.48. The Morgan fingerprint density at radius 1 is 1.41 bits per heavy atom. The quantitative estimate of drug-likeness (QED) is 0.448. The molecule has 0 radical (unpaired) electrons. The van der Waals surface area contributed by atoms with Crippen LogP contribution in [0.1, 0.15) is 6.92 Å². The maximum absolute atomic E-state index is 12.5. The predicted molar refractivity (Wildman–Crippen MR) is 84.2 cm³/mol. The second kappa shape index (κ2) is 6.05. The molecule has 0 bridgehead atoms. The fourth-order valence-corrected chi connectivity index (χ4v) is 4.12. The van der Waals surface area contributed by atoms with Gasteiger partial charge in [-0.2, -0.15) is 0 Å². The lowest BCUT2D eigenvalue weighted by molar-refractivity contribution is -0.147. The van der Waals surface area contributed by atoms with Gasteiger partial charge in [0.15, 0.2) is 0 Å². The number of β-lactam (4-membered cyclic amide) rings is 1. The van der Waals surface area contributed by atoms with Gasteiger partial charge in [-0.25, -0.2) is 4.79 Å². The fraction of sp³-hybridized carbons (Fsp3) is 0.615. The minimum Gasteiger partial charge on any atom is -0.515 e. The molecular weight excluding hydrogens is 324 g/mol. The van der Waals surface area contributed by atoms with Crippen molar-refractivity contribution in [2.45, 2.75) is 38.0 Å². The van der Waals surface area contributed by atoms with Crippen LogP contribution in [-0.2, 0) is 23.5 Å². The summed E-state index contributed by atoms with van der Waals surface area (Å²) >= 11 is 1.46. The van der Waals surface area contributed by atoms with Gasteiger partial charge >= 0.3 is 11.9 Å². The first-order valence-electron chi connectivity index (χ1n) is 6.91. The first kappa shape index (κ1) is 17.0. The van der Waals surface area contributed by atoms with Gasteiger partial charge in [0, 0.05) is 18.2 Å². The highest BCUT2D eigenvalue weighted by Crippen LogP contribution is 2.40. The minimum atomic E-state index is -2.11. The van der Waals surface area contributed by atoms with E-state index in [0.29, 0.717) is 11.3 Å². The summed E-state index contributed by atoms with van der Waals surface area (Å²) in [5.74, 6) is -0.804. The van der Waals surface area contributed by atoms with E-state index in [-0.39, 0.29) is 23.6 Å². The second-order valence-electron chi connectivity index (χ2n) is 6.17. The van der Waals surface area contributed by atoms with Crippen LogP contribution < -0.4 is 5.73 Å². The van der Waals surface area contributed by atoms with Crippen LogP contribution >= 0.6 is 11.8 Å². The highest BCUT2D eigenvalue weighted by molar-refractivity contribution is 8.00. The molecule has 2 atom stereocenters. The van der Waals surface area contributed by atoms with Crippen LogP contribution in [0, 0.1) is 0 Å². The summed E-state index contributed by atoms with van der Waals surface area (Å²) in [6, 6.07) is -0.602. The zero-order chi connectivity index (χ0) is 16.7. The predicted octanol–water partition coefficient (Wildman–Crippen LogP) is 0.424. The number of hydrogen-bond acceptors (Lipinski definition) is 7. The third-order valence-corrected chi connectivity index (χ3v) is 5.29. The van der Waals surface area contributed by atoms with Gasteiger partial charge in [0.25, 0.3) is 0 Å². The molecule has 0 aromatic rings. The van der Waals surface area contributed by atoms with Crippen molar-refractivity contribution in [1.82, 2.24) is 4.90 Å². The third kappa shape index (κ3) is 3.36. The first-order chi connectivity index (χ1) is 10.1. The zero-order valence-electron chi connectivity index (χ0n) is 13.0. The van der Waals surface area contributed by atoms with E-state index in [0.717, 1.165) is 0 Å². The molecule has 0 aromatic heterocycles. The number of carbonyl (C=O) groups is 3. The van der Waals surface area contributed by atoms with Gasteiger partial charge in [0.1, 0.15) is 23.7 Å². The molecule has 2 aliphatic rings. The number of nitrogens with two attached hydrogens (primary N) is 1. The molecule has 1 fully saturated rings. The molecule has 2 N–H and O–H groups in total. The lowest BCUT2D eigenvalue weighted by Crippen LogP contribution is -2.68. The highest BCUT2D eigenvalue weighted by Gasteiger charge is 2.52. The second-order valence-corrected chi connectivity index (χ2v) is 11.7. The molecule has 0 aliphatic carbocycles. The molecule has 0 spiro atoms. The Balaban J connectivity index is 2.30.